The molecule has 3 rings (SSSR count). The topological polar surface area (TPSA) is 55.4 Å². The van der Waals surface area contributed by atoms with Crippen LogP contribution in [0.15, 0.2) is 22.5 Å². The number of hydrogen-bond acceptors (Lipinski definition) is 6. The molecule has 2 saturated heterocycles. The molecular formula is C22H41IN6OS. The van der Waals surface area contributed by atoms with E-state index in [0.717, 1.165) is 58.4 Å². The number of guanidine groups is 1. The van der Waals surface area contributed by atoms with Gasteiger partial charge in [0.05, 0.1) is 19.3 Å². The predicted molar refractivity (Wildman–Crippen MR) is 142 cm³/mol. The molecule has 1 aromatic heterocycles. The van der Waals surface area contributed by atoms with Gasteiger partial charge < -0.3 is 25.2 Å². The zero-order valence-electron chi connectivity index (χ0n) is 19.4. The lowest BCUT2D eigenvalue weighted by Gasteiger charge is -2.34. The maximum absolute atomic E-state index is 5.56. The SMILES string of the molecule is CCNC(=NCC(C)CN1CCN(C)CC1)NCC(c1cccs1)N1CCOCC1.I. The quantitative estimate of drug-likeness (QED) is 0.273. The third-order valence-electron chi connectivity index (χ3n) is 5.89. The van der Waals surface area contributed by atoms with Gasteiger partial charge in [-0.05, 0) is 31.3 Å². The van der Waals surface area contributed by atoms with Crippen molar-refractivity contribution in [3.8, 4) is 0 Å². The molecule has 0 aliphatic carbocycles. The van der Waals surface area contributed by atoms with Gasteiger partial charge in [-0.25, -0.2) is 0 Å². The average Bonchev–Trinajstić information content (AvgIpc) is 3.29. The number of halogens is 1. The summed E-state index contributed by atoms with van der Waals surface area (Å²) in [5, 5.41) is 9.21. The summed E-state index contributed by atoms with van der Waals surface area (Å²) in [5.41, 5.74) is 0. The van der Waals surface area contributed by atoms with Crippen molar-refractivity contribution < 1.29 is 4.74 Å². The Morgan fingerprint density at radius 3 is 2.55 bits per heavy atom. The molecule has 1 aromatic rings. The Balaban J connectivity index is 0.00000341. The number of likely N-dealkylation sites (N-methyl/N-ethyl adjacent to an activating group) is 1. The first kappa shape index (κ1) is 26.8. The van der Waals surface area contributed by atoms with Crippen molar-refractivity contribution >= 4 is 41.3 Å². The number of hydrogen-bond donors (Lipinski definition) is 2. The van der Waals surface area contributed by atoms with Crippen LogP contribution in [0.4, 0.5) is 0 Å². The first-order valence-electron chi connectivity index (χ1n) is 11.4. The molecule has 2 atom stereocenters. The summed E-state index contributed by atoms with van der Waals surface area (Å²) in [6, 6.07) is 4.75. The molecule has 3 heterocycles. The van der Waals surface area contributed by atoms with E-state index in [9.17, 15) is 0 Å². The molecule has 7 nitrogen and oxygen atoms in total. The van der Waals surface area contributed by atoms with Crippen LogP contribution in [-0.4, -0.2) is 106 Å². The Bertz CT molecular complexity index is 618. The van der Waals surface area contributed by atoms with E-state index in [2.05, 4.69) is 63.7 Å². The van der Waals surface area contributed by atoms with E-state index >= 15 is 0 Å². The van der Waals surface area contributed by atoms with Crippen molar-refractivity contribution in [2.75, 3.05) is 85.7 Å². The zero-order chi connectivity index (χ0) is 21.2. The van der Waals surface area contributed by atoms with Gasteiger partial charge in [0.25, 0.3) is 0 Å². The molecule has 2 N–H and O–H groups in total. The average molecular weight is 565 g/mol. The third kappa shape index (κ3) is 9.13. The third-order valence-corrected chi connectivity index (χ3v) is 6.87. The van der Waals surface area contributed by atoms with Crippen molar-refractivity contribution in [2.24, 2.45) is 10.9 Å². The Labute approximate surface area is 209 Å². The van der Waals surface area contributed by atoms with Crippen LogP contribution in [0.1, 0.15) is 24.8 Å². The molecule has 31 heavy (non-hydrogen) atoms. The van der Waals surface area contributed by atoms with Gasteiger partial charge in [0, 0.05) is 70.3 Å². The zero-order valence-corrected chi connectivity index (χ0v) is 22.5. The van der Waals surface area contributed by atoms with Crippen LogP contribution in [0.5, 0.6) is 0 Å². The molecule has 0 bridgehead atoms. The Morgan fingerprint density at radius 1 is 1.16 bits per heavy atom. The summed E-state index contributed by atoms with van der Waals surface area (Å²) in [6.07, 6.45) is 0. The van der Waals surface area contributed by atoms with E-state index in [0.29, 0.717) is 12.0 Å². The highest BCUT2D eigenvalue weighted by atomic mass is 127. The molecule has 2 aliphatic rings. The summed E-state index contributed by atoms with van der Waals surface area (Å²) >= 11 is 1.84. The summed E-state index contributed by atoms with van der Waals surface area (Å²) in [6.45, 7) is 16.5. The van der Waals surface area contributed by atoms with E-state index in [4.69, 9.17) is 9.73 Å². The first-order valence-corrected chi connectivity index (χ1v) is 12.3. The lowest BCUT2D eigenvalue weighted by Crippen LogP contribution is -2.47. The molecule has 178 valence electrons. The number of aliphatic imine (C=N–C) groups is 1. The molecule has 0 amide bonds. The molecule has 0 saturated carbocycles. The normalized spacial score (nSPS) is 21.3. The number of nitrogens with zero attached hydrogens (tertiary/aromatic N) is 4. The van der Waals surface area contributed by atoms with Gasteiger partial charge >= 0.3 is 0 Å². The van der Waals surface area contributed by atoms with Gasteiger partial charge in [0.15, 0.2) is 5.96 Å². The number of thiophene rings is 1. The van der Waals surface area contributed by atoms with Crippen molar-refractivity contribution in [3.05, 3.63) is 22.4 Å². The fourth-order valence-electron chi connectivity index (χ4n) is 4.09. The number of piperazine rings is 1. The van der Waals surface area contributed by atoms with Gasteiger partial charge in [-0.2, -0.15) is 0 Å². The minimum Gasteiger partial charge on any atom is -0.379 e. The fraction of sp³-hybridized carbons (Fsp3) is 0.773. The van der Waals surface area contributed by atoms with Gasteiger partial charge in [-0.15, -0.1) is 35.3 Å². The van der Waals surface area contributed by atoms with Crippen LogP contribution in [0.25, 0.3) is 0 Å². The number of nitrogens with one attached hydrogen (secondary N) is 2. The Morgan fingerprint density at radius 2 is 1.90 bits per heavy atom. The van der Waals surface area contributed by atoms with Gasteiger partial charge in [0.2, 0.25) is 0 Å². The first-order chi connectivity index (χ1) is 14.7. The Kier molecular flexibility index (Phi) is 12.7. The molecule has 2 unspecified atom stereocenters. The molecule has 2 aliphatic heterocycles. The van der Waals surface area contributed by atoms with Crippen LogP contribution in [0.3, 0.4) is 0 Å². The molecule has 0 aromatic carbocycles. The monoisotopic (exact) mass is 564 g/mol. The molecule has 2 fully saturated rings. The smallest absolute Gasteiger partial charge is 0.191 e. The second kappa shape index (κ2) is 14.6. The van der Waals surface area contributed by atoms with Crippen molar-refractivity contribution in [2.45, 2.75) is 19.9 Å². The number of ether oxygens (including phenoxy) is 1. The van der Waals surface area contributed by atoms with E-state index in [1.165, 1.54) is 31.1 Å². The summed E-state index contributed by atoms with van der Waals surface area (Å²) in [4.78, 5) is 13.8. The summed E-state index contributed by atoms with van der Waals surface area (Å²) < 4.78 is 5.56. The summed E-state index contributed by atoms with van der Waals surface area (Å²) in [7, 11) is 2.21. The van der Waals surface area contributed by atoms with Gasteiger partial charge in [-0.3, -0.25) is 9.89 Å². The van der Waals surface area contributed by atoms with E-state index in [1.54, 1.807) is 0 Å². The predicted octanol–water partition coefficient (Wildman–Crippen LogP) is 2.18. The molecule has 0 radical (unpaired) electrons. The second-order valence-electron chi connectivity index (χ2n) is 8.49. The maximum atomic E-state index is 5.56. The highest BCUT2D eigenvalue weighted by Crippen LogP contribution is 2.25. The minimum atomic E-state index is 0. The largest absolute Gasteiger partial charge is 0.379 e. The highest BCUT2D eigenvalue weighted by Gasteiger charge is 2.23. The maximum Gasteiger partial charge on any atom is 0.191 e. The molecular weight excluding hydrogens is 523 g/mol. The number of rotatable bonds is 9. The standard InChI is InChI=1S/C22H40N6OS.HI/c1-4-23-22(24-16-19(2)18-27-9-7-26(3)8-10-27)25-17-20(21-6-5-15-30-21)28-11-13-29-14-12-28;/h5-6,15,19-20H,4,7-14,16-18H2,1-3H3,(H2,23,24,25);1H. The Hall–Kier alpha value is -0.460. The van der Waals surface area contributed by atoms with E-state index < -0.39 is 0 Å². The van der Waals surface area contributed by atoms with Crippen molar-refractivity contribution in [1.29, 1.82) is 0 Å². The van der Waals surface area contributed by atoms with E-state index in [-0.39, 0.29) is 24.0 Å². The molecule has 0 spiro atoms. The van der Waals surface area contributed by atoms with Crippen LogP contribution in [0.2, 0.25) is 0 Å². The van der Waals surface area contributed by atoms with Crippen molar-refractivity contribution in [3.63, 3.8) is 0 Å². The lowest BCUT2D eigenvalue weighted by molar-refractivity contribution is 0.0177. The van der Waals surface area contributed by atoms with E-state index in [1.807, 2.05) is 11.3 Å². The van der Waals surface area contributed by atoms with Gasteiger partial charge in [0.1, 0.15) is 0 Å². The molecule has 9 heteroatoms. The lowest BCUT2D eigenvalue weighted by atomic mass is 10.1. The van der Waals surface area contributed by atoms with Crippen LogP contribution in [-0.2, 0) is 4.74 Å². The van der Waals surface area contributed by atoms with Crippen LogP contribution < -0.4 is 10.6 Å². The van der Waals surface area contributed by atoms with Crippen molar-refractivity contribution in [1.82, 2.24) is 25.3 Å². The van der Waals surface area contributed by atoms with Gasteiger partial charge in [-0.1, -0.05) is 13.0 Å². The minimum absolute atomic E-state index is 0. The second-order valence-corrected chi connectivity index (χ2v) is 9.47. The highest BCUT2D eigenvalue weighted by molar-refractivity contribution is 14.0. The summed E-state index contributed by atoms with van der Waals surface area (Å²) in [5.74, 6) is 1.48. The van der Waals surface area contributed by atoms with Crippen LogP contribution >= 0.6 is 35.3 Å². The fourth-order valence-corrected chi connectivity index (χ4v) is 4.95. The van der Waals surface area contributed by atoms with Crippen LogP contribution in [0, 0.1) is 5.92 Å². The number of morpholine rings is 1.